The van der Waals surface area contributed by atoms with Gasteiger partial charge in [0, 0.05) is 128 Å². The maximum Gasteiger partial charge on any atom is 0.196 e. The largest absolute Gasteiger partial charge is 0.446 e. The lowest BCUT2D eigenvalue weighted by molar-refractivity contribution is 0.420. The van der Waals surface area contributed by atoms with Gasteiger partial charge in [0.2, 0.25) is 0 Å². The van der Waals surface area contributed by atoms with Crippen LogP contribution < -0.4 is 0 Å². The number of aryl methyl sites for hydroxylation is 10. The first-order chi connectivity index (χ1) is 66.5. The Kier molecular flexibility index (Phi) is 73.1. The minimum absolute atomic E-state index is 0.391. The van der Waals surface area contributed by atoms with Crippen LogP contribution in [0.5, 0.6) is 0 Å². The summed E-state index contributed by atoms with van der Waals surface area (Å²) < 4.78 is 23.7. The van der Waals surface area contributed by atoms with Crippen molar-refractivity contribution in [3.63, 3.8) is 0 Å². The van der Waals surface area contributed by atoms with Gasteiger partial charge in [-0.1, -0.05) is 275 Å². The van der Waals surface area contributed by atoms with E-state index in [0.29, 0.717) is 59.6 Å². The van der Waals surface area contributed by atoms with E-state index in [1.807, 2.05) is 81.9 Å². The molecule has 0 aromatic carbocycles. The average Bonchev–Trinajstić information content (AvgIpc) is 1.77. The van der Waals surface area contributed by atoms with Crippen molar-refractivity contribution in [2.75, 3.05) is 0 Å². The second-order valence-corrected chi connectivity index (χ2v) is 49.8. The SMILES string of the molecule is CC(C)CCC=CCCC(C)C.CC(C)CCc1ccn(CCC(C)C)n1.CC(C)CCc1cn(CCC(C)C)cn1.CC(C)CCc1cnc(CCC(C)C)o1.CC(C)CCc1cnc(CCC(C)C)s1.CC(C)CCc1cnn(CCC(C)C)c1.CC(C)c1ccn(C(C)C)n1.CC(C)c1cn(C(C)C)cn1.CC(C)c1cnc(C(C)C)o1.CC(C)c1cnc(C(C)C)s1.CC(C)c1cnn(C(C)C)c1. The summed E-state index contributed by atoms with van der Waals surface area (Å²) >= 11 is 3.74. The molecule has 0 saturated heterocycles. The summed E-state index contributed by atoms with van der Waals surface area (Å²) in [5, 5.41) is 20.2. The number of nitrogens with zero attached hydrogens (tertiary/aromatic N) is 16. The molecular formula is C122H220N16O2S2. The minimum Gasteiger partial charge on any atom is -0.446 e. The van der Waals surface area contributed by atoms with Gasteiger partial charge in [-0.05, 0) is 281 Å². The summed E-state index contributed by atoms with van der Waals surface area (Å²) in [5.41, 5.74) is 7.54. The third-order valence-corrected chi connectivity index (χ3v) is 26.2. The number of allylic oxidation sites excluding steroid dienone is 2. The second kappa shape index (κ2) is 77.1. The molecule has 0 fully saturated rings. The summed E-state index contributed by atoms with van der Waals surface area (Å²) in [4.78, 5) is 28.9. The molecule has 0 aliphatic carbocycles. The van der Waals surface area contributed by atoms with Crippen molar-refractivity contribution in [2.45, 2.75) is 519 Å². The number of oxazole rings is 2. The van der Waals surface area contributed by atoms with Gasteiger partial charge in [0.1, 0.15) is 11.5 Å². The van der Waals surface area contributed by atoms with E-state index in [-0.39, 0.29) is 0 Å². The van der Waals surface area contributed by atoms with E-state index in [9.17, 15) is 0 Å². The number of aromatic nitrogens is 16. The molecule has 812 valence electrons. The van der Waals surface area contributed by atoms with E-state index in [0.717, 1.165) is 152 Å². The molecule has 20 heteroatoms. The molecule has 142 heavy (non-hydrogen) atoms. The second-order valence-electron chi connectivity index (χ2n) is 47.5. The van der Waals surface area contributed by atoms with Gasteiger partial charge in [-0.15, -0.1) is 22.7 Å². The Morgan fingerprint density at radius 3 is 1.25 bits per heavy atom. The van der Waals surface area contributed by atoms with Crippen LogP contribution >= 0.6 is 22.7 Å². The van der Waals surface area contributed by atoms with Crippen LogP contribution in [0, 0.1) is 71.0 Å². The molecule has 0 amide bonds. The molecule has 10 rings (SSSR count). The van der Waals surface area contributed by atoms with Gasteiger partial charge in [0.25, 0.3) is 0 Å². The Labute approximate surface area is 881 Å². The molecule has 0 aliphatic rings. The molecule has 10 aromatic heterocycles. The minimum atomic E-state index is 0.391. The maximum atomic E-state index is 5.67. The standard InChI is InChI=1S/3C13H24N2.C13H23NO.C13H23NS.C12H24.3C9H16N2.C9H15NO.C9H15NS/c1-11(2)5-6-13-8-10-15(14-13)9-7-12(3)4;1-11(2)5-6-13-9-15(10-14-13)8-7-12(3)4;1-11(2)5-6-13-9-14-15(10-13)8-7-12(3)4;2*1-10(2)5-7-12-9-14-13(15-12)8-6-11(3)4;1-11(2)9-7-5-6-8-10-12(3)4;1-7(2)9-5-11(6-10-9)8(3)4;1-7(2)9-5-10-11(6-9)8(3)4;1-7(2)9-5-6-11(10-9)8(3)4;2*1-6(2)8-5-10-9(11-8)7(3)4/h8,10-12H,5-7,9H2,1-4H3;2*9-12H,5-8H2,1-4H3;2*9-11H,5-8H2,1-4H3;5-6,11-12H,7-10H2,1-4H3;3*5-8H,1-4H3;2*5-7H,1-4H3. The highest BCUT2D eigenvalue weighted by molar-refractivity contribution is 7.12. The smallest absolute Gasteiger partial charge is 0.196 e. The number of imidazole rings is 2. The lowest BCUT2D eigenvalue weighted by atomic mass is 10.1. The highest BCUT2D eigenvalue weighted by Gasteiger charge is 2.15. The summed E-state index contributed by atoms with van der Waals surface area (Å²) in [5.74, 6) is 16.8. The summed E-state index contributed by atoms with van der Waals surface area (Å²) in [6.45, 7) is 100. The molecule has 10 heterocycles. The van der Waals surface area contributed by atoms with E-state index >= 15 is 0 Å². The fourth-order valence-corrected chi connectivity index (χ4v) is 14.8. The van der Waals surface area contributed by atoms with Gasteiger partial charge in [0.15, 0.2) is 11.8 Å². The molecule has 0 bridgehead atoms. The zero-order chi connectivity index (χ0) is 108. The normalized spacial score (nSPS) is 11.6. The first-order valence-corrected chi connectivity index (χ1v) is 57.8. The van der Waals surface area contributed by atoms with E-state index in [2.05, 4.69) is 435 Å². The number of thiazole rings is 2. The molecule has 10 aromatic rings. The van der Waals surface area contributed by atoms with Gasteiger partial charge >= 0.3 is 0 Å². The first kappa shape index (κ1) is 135. The van der Waals surface area contributed by atoms with Crippen molar-refractivity contribution in [2.24, 2.45) is 71.0 Å². The molecule has 18 nitrogen and oxygen atoms in total. The summed E-state index contributed by atoms with van der Waals surface area (Å²) in [6, 6.07) is 5.72. The zero-order valence-corrected chi connectivity index (χ0v) is 101. The van der Waals surface area contributed by atoms with Crippen molar-refractivity contribution in [1.29, 1.82) is 0 Å². The van der Waals surface area contributed by atoms with Crippen LogP contribution in [0.1, 0.15) is 531 Å². The van der Waals surface area contributed by atoms with Crippen LogP contribution in [0.2, 0.25) is 0 Å². The Hall–Kier alpha value is -7.32. The number of hydrogen-bond donors (Lipinski definition) is 0. The van der Waals surface area contributed by atoms with Gasteiger partial charge in [-0.3, -0.25) is 18.7 Å². The van der Waals surface area contributed by atoms with Gasteiger partial charge in [0.05, 0.1) is 70.2 Å². The van der Waals surface area contributed by atoms with Crippen LogP contribution in [-0.4, -0.2) is 78.2 Å². The summed E-state index contributed by atoms with van der Waals surface area (Å²) in [6.07, 6.45) is 58.3. The maximum absolute atomic E-state index is 5.67. The fraction of sp³-hybridized carbons (Fsp3) is 0.738. The van der Waals surface area contributed by atoms with Crippen molar-refractivity contribution >= 4 is 22.7 Å². The van der Waals surface area contributed by atoms with Crippen molar-refractivity contribution in [1.82, 2.24) is 78.2 Å². The van der Waals surface area contributed by atoms with E-state index in [4.69, 9.17) is 8.83 Å². The summed E-state index contributed by atoms with van der Waals surface area (Å²) in [7, 11) is 0. The fourth-order valence-electron chi connectivity index (χ4n) is 12.9. The molecule has 0 aliphatic heterocycles. The van der Waals surface area contributed by atoms with Crippen LogP contribution in [0.25, 0.3) is 0 Å². The Balaban J connectivity index is 0.00000154. The quantitative estimate of drug-likeness (QED) is 0.0329. The average molecular weight is 2010 g/mol. The lowest BCUT2D eigenvalue weighted by Gasteiger charge is -2.04. The van der Waals surface area contributed by atoms with Crippen molar-refractivity contribution < 1.29 is 8.83 Å². The van der Waals surface area contributed by atoms with Crippen LogP contribution in [0.3, 0.4) is 0 Å². The van der Waals surface area contributed by atoms with Gasteiger partial charge in [-0.25, -0.2) is 29.9 Å². The Morgan fingerprint density at radius 1 is 0.317 bits per heavy atom. The predicted molar refractivity (Wildman–Crippen MR) is 618 cm³/mol. The number of rotatable bonds is 46. The Bertz CT molecular complexity index is 3700. The van der Waals surface area contributed by atoms with Gasteiger partial charge < -0.3 is 18.0 Å². The molecule has 0 spiro atoms. The first-order valence-electron chi connectivity index (χ1n) is 56.2. The van der Waals surface area contributed by atoms with Crippen molar-refractivity contribution in [3.05, 3.63) is 188 Å². The molecule has 0 saturated carbocycles. The van der Waals surface area contributed by atoms with E-state index in [1.54, 1.807) is 0 Å². The third kappa shape index (κ3) is 69.7. The lowest BCUT2D eigenvalue weighted by Crippen LogP contribution is -2.03. The molecular weight excluding hydrogens is 1790 g/mol. The predicted octanol–water partition coefficient (Wildman–Crippen LogP) is 37.2. The van der Waals surface area contributed by atoms with E-state index in [1.165, 1.54) is 150 Å². The highest BCUT2D eigenvalue weighted by Crippen LogP contribution is 2.28. The van der Waals surface area contributed by atoms with E-state index < -0.39 is 0 Å². The molecule has 0 atom stereocenters. The van der Waals surface area contributed by atoms with Crippen LogP contribution in [0.4, 0.5) is 0 Å². The Morgan fingerprint density at radius 2 is 0.824 bits per heavy atom. The molecule has 0 radical (unpaired) electrons. The monoisotopic (exact) mass is 2010 g/mol. The van der Waals surface area contributed by atoms with Gasteiger partial charge in [-0.2, -0.15) is 20.4 Å². The van der Waals surface area contributed by atoms with Crippen LogP contribution in [0.15, 0.2) is 120 Å². The van der Waals surface area contributed by atoms with Crippen molar-refractivity contribution in [3.8, 4) is 0 Å². The molecule has 0 unspecified atom stereocenters. The molecule has 0 N–H and O–H groups in total. The van der Waals surface area contributed by atoms with Crippen LogP contribution in [-0.2, 0) is 64.6 Å². The number of hydrogen-bond acceptors (Lipinski definition) is 14. The zero-order valence-electron chi connectivity index (χ0n) is 99.9. The topological polar surface area (TPSA) is 185 Å². The third-order valence-electron chi connectivity index (χ3n) is 23.5. The highest BCUT2D eigenvalue weighted by atomic mass is 32.1.